The zero-order valence-corrected chi connectivity index (χ0v) is 23.1. The molecule has 2 aliphatic heterocycles. The van der Waals surface area contributed by atoms with E-state index in [2.05, 4.69) is 30.2 Å². The molecule has 42 heavy (non-hydrogen) atoms. The molecule has 7 heterocycles. The average Bonchev–Trinajstić information content (AvgIpc) is 3.79. The Bertz CT molecular complexity index is 1800. The summed E-state index contributed by atoms with van der Waals surface area (Å²) in [5.41, 5.74) is 9.78. The Hall–Kier alpha value is -4.66. The molecule has 0 radical (unpaired) electrons. The lowest BCUT2D eigenvalue weighted by Gasteiger charge is -2.38. The summed E-state index contributed by atoms with van der Waals surface area (Å²) in [5, 5.41) is 11.3. The number of nitrogen functional groups attached to an aromatic ring is 1. The van der Waals surface area contributed by atoms with Gasteiger partial charge in [0.1, 0.15) is 17.2 Å². The van der Waals surface area contributed by atoms with Crippen LogP contribution in [0.2, 0.25) is 0 Å². The third kappa shape index (κ3) is 4.22. The van der Waals surface area contributed by atoms with E-state index in [4.69, 9.17) is 10.7 Å². The number of rotatable bonds is 6. The molecule has 12 nitrogen and oxygen atoms in total. The largest absolute Gasteiger partial charge is 0.383 e. The Balaban J connectivity index is 1.24. The maximum atomic E-state index is 13.1. The molecule has 5 aromatic heterocycles. The molecule has 0 saturated carbocycles. The number of anilines is 1. The van der Waals surface area contributed by atoms with E-state index in [1.54, 1.807) is 24.5 Å². The van der Waals surface area contributed by atoms with Crippen LogP contribution in [0.5, 0.6) is 0 Å². The fourth-order valence-corrected chi connectivity index (χ4v) is 6.99. The summed E-state index contributed by atoms with van der Waals surface area (Å²) in [6.07, 6.45) is 6.08. The number of carbonyl (C=O) groups excluding carboxylic acids is 2. The van der Waals surface area contributed by atoms with E-state index < -0.39 is 6.43 Å². The van der Waals surface area contributed by atoms with Gasteiger partial charge in [-0.3, -0.25) is 19.7 Å². The third-order valence-corrected chi connectivity index (χ3v) is 9.09. The number of fused-ring (bicyclic) bond motifs is 3. The molecule has 1 amide bonds. The van der Waals surface area contributed by atoms with E-state index in [0.717, 1.165) is 30.4 Å². The predicted octanol–water partition coefficient (Wildman–Crippen LogP) is 4.31. The van der Waals surface area contributed by atoms with Crippen LogP contribution in [0.3, 0.4) is 0 Å². The number of nitrogens with zero attached hydrogens (tertiary/aromatic N) is 8. The van der Waals surface area contributed by atoms with Gasteiger partial charge in [-0.1, -0.05) is 6.07 Å². The molecule has 3 atom stereocenters. The van der Waals surface area contributed by atoms with Crippen LogP contribution in [0.25, 0.3) is 27.5 Å². The van der Waals surface area contributed by atoms with Crippen molar-refractivity contribution in [2.75, 3.05) is 5.73 Å². The third-order valence-electron chi connectivity index (χ3n) is 8.07. The van der Waals surface area contributed by atoms with Crippen molar-refractivity contribution in [3.05, 3.63) is 59.0 Å². The van der Waals surface area contributed by atoms with Crippen molar-refractivity contribution in [2.24, 2.45) is 0 Å². The summed E-state index contributed by atoms with van der Waals surface area (Å²) >= 11 is 0.897. The topological polar surface area (TPSA) is 161 Å². The predicted molar refractivity (Wildman–Crippen MR) is 148 cm³/mol. The van der Waals surface area contributed by atoms with Crippen molar-refractivity contribution >= 4 is 34.5 Å². The molecule has 0 spiro atoms. The molecule has 2 fully saturated rings. The van der Waals surface area contributed by atoms with Gasteiger partial charge in [0, 0.05) is 41.5 Å². The van der Waals surface area contributed by atoms with Gasteiger partial charge in [-0.25, -0.2) is 23.7 Å². The van der Waals surface area contributed by atoms with Gasteiger partial charge in [-0.15, -0.1) is 11.3 Å². The minimum absolute atomic E-state index is 0.0250. The number of hydrogen-bond acceptors (Lipinski definition) is 10. The van der Waals surface area contributed by atoms with Gasteiger partial charge in [-0.2, -0.15) is 14.7 Å². The van der Waals surface area contributed by atoms with E-state index in [1.807, 2.05) is 4.90 Å². The zero-order valence-electron chi connectivity index (χ0n) is 22.2. The number of nitrogens with two attached hydrogens (primary N) is 1. The van der Waals surface area contributed by atoms with Crippen molar-refractivity contribution in [3.8, 4) is 21.8 Å². The number of hydrogen-bond donors (Lipinski definition) is 2. The maximum absolute atomic E-state index is 13.1. The van der Waals surface area contributed by atoms with Crippen molar-refractivity contribution in [3.63, 3.8) is 0 Å². The molecule has 3 N–H and O–H groups in total. The number of Topliss-reactive ketones (excluding diaryl/α,β-unsaturated/α-hetero) is 1. The molecular formula is C27H24F2N10O2S. The van der Waals surface area contributed by atoms with E-state index in [-0.39, 0.29) is 46.2 Å². The first-order valence-electron chi connectivity index (χ1n) is 13.4. The van der Waals surface area contributed by atoms with Crippen LogP contribution in [0, 0.1) is 0 Å². The van der Waals surface area contributed by atoms with E-state index >= 15 is 0 Å². The zero-order chi connectivity index (χ0) is 29.1. The Kier molecular flexibility index (Phi) is 6.26. The summed E-state index contributed by atoms with van der Waals surface area (Å²) in [7, 11) is 0. The summed E-state index contributed by atoms with van der Waals surface area (Å²) in [6, 6.07) is 3.46. The highest BCUT2D eigenvalue weighted by atomic mass is 32.1. The van der Waals surface area contributed by atoms with Crippen molar-refractivity contribution < 1.29 is 18.4 Å². The van der Waals surface area contributed by atoms with Crippen molar-refractivity contribution in [1.29, 1.82) is 0 Å². The lowest BCUT2D eigenvalue weighted by Crippen LogP contribution is -2.46. The van der Waals surface area contributed by atoms with Crippen LogP contribution in [0.15, 0.2) is 37.1 Å². The van der Waals surface area contributed by atoms with E-state index in [1.165, 1.54) is 17.8 Å². The normalized spacial score (nSPS) is 20.1. The number of halogens is 2. The first kappa shape index (κ1) is 26.3. The fraction of sp³-hybridized carbons (Fsp3) is 0.333. The average molecular weight is 591 g/mol. The number of H-pyrrole nitrogens is 1. The number of pyridine rings is 1. The molecule has 2 aliphatic rings. The van der Waals surface area contributed by atoms with Crippen LogP contribution in [0.1, 0.15) is 76.5 Å². The second kappa shape index (κ2) is 10.0. The number of amides is 1. The highest BCUT2D eigenvalue weighted by Gasteiger charge is 2.45. The number of piperidine rings is 1. The standard InChI is InChI=1S/C27H24F2N10O2S/c1-12(40)20-21(14-6-15-3-4-16(7-14)38(15)27(41)24-33-11-34-37-24)36-25-17(9-35-39(25)23(20)30)13-2-5-18(31-8-13)26-32-10-19(42-26)22(28)29/h2,5,8-11,14-16,22H,3-4,6-7,30H2,1H3,(H,33,34,37)/t14?,15-,16+. The monoisotopic (exact) mass is 590 g/mol. The number of thiazole rings is 1. The van der Waals surface area contributed by atoms with Crippen LogP contribution >= 0.6 is 11.3 Å². The summed E-state index contributed by atoms with van der Waals surface area (Å²) in [5.74, 6) is -0.0614. The van der Waals surface area contributed by atoms with Gasteiger partial charge in [0.05, 0.1) is 28.0 Å². The summed E-state index contributed by atoms with van der Waals surface area (Å²) in [4.78, 5) is 45.3. The Morgan fingerprint density at radius 2 is 1.88 bits per heavy atom. The highest BCUT2D eigenvalue weighted by Crippen LogP contribution is 2.45. The van der Waals surface area contributed by atoms with E-state index in [9.17, 15) is 18.4 Å². The molecular weight excluding hydrogens is 566 g/mol. The maximum Gasteiger partial charge on any atom is 0.291 e. The second-order valence-corrected chi connectivity index (χ2v) is 11.6. The smallest absolute Gasteiger partial charge is 0.291 e. The van der Waals surface area contributed by atoms with Gasteiger partial charge in [-0.05, 0) is 38.7 Å². The van der Waals surface area contributed by atoms with Gasteiger partial charge in [0.15, 0.2) is 11.4 Å². The molecule has 2 saturated heterocycles. The number of nitrogens with one attached hydrogen (secondary N) is 1. The minimum atomic E-state index is -2.59. The number of alkyl halides is 2. The quantitative estimate of drug-likeness (QED) is 0.275. The molecule has 5 aromatic rings. The minimum Gasteiger partial charge on any atom is -0.383 e. The van der Waals surface area contributed by atoms with Crippen LogP contribution in [-0.4, -0.2) is 68.4 Å². The second-order valence-electron chi connectivity index (χ2n) is 10.5. The Morgan fingerprint density at radius 3 is 2.50 bits per heavy atom. The Morgan fingerprint density at radius 1 is 1.10 bits per heavy atom. The number of carbonyl (C=O) groups is 2. The van der Waals surface area contributed by atoms with Gasteiger partial charge >= 0.3 is 0 Å². The van der Waals surface area contributed by atoms with Gasteiger partial charge < -0.3 is 10.6 Å². The number of aromatic nitrogens is 8. The highest BCUT2D eigenvalue weighted by molar-refractivity contribution is 7.15. The fourth-order valence-electron chi connectivity index (χ4n) is 6.24. The molecule has 1 unspecified atom stereocenters. The SMILES string of the molecule is CC(=O)c1c(C2C[C@H]3CC[C@@H](C2)N3C(=O)c2ncn[nH]2)nc2c(-c3ccc(-c4ncc(C(F)F)s4)nc3)cnn2c1N. The lowest BCUT2D eigenvalue weighted by atomic mass is 9.85. The van der Waals surface area contributed by atoms with Crippen molar-refractivity contribution in [2.45, 2.75) is 57.0 Å². The summed E-state index contributed by atoms with van der Waals surface area (Å²) < 4.78 is 27.5. The van der Waals surface area contributed by atoms with Crippen molar-refractivity contribution in [1.82, 2.24) is 44.6 Å². The van der Waals surface area contributed by atoms with Gasteiger partial charge in [0.25, 0.3) is 12.3 Å². The van der Waals surface area contributed by atoms with E-state index in [0.29, 0.717) is 51.6 Å². The molecule has 15 heteroatoms. The number of ketones is 1. The molecule has 2 bridgehead atoms. The first-order valence-corrected chi connectivity index (χ1v) is 14.2. The molecule has 214 valence electrons. The van der Waals surface area contributed by atoms with Crippen LogP contribution in [-0.2, 0) is 0 Å². The lowest BCUT2D eigenvalue weighted by molar-refractivity contribution is 0.0556. The molecule has 0 aliphatic carbocycles. The molecule has 7 rings (SSSR count). The van der Waals surface area contributed by atoms with Crippen LogP contribution < -0.4 is 5.73 Å². The van der Waals surface area contributed by atoms with Gasteiger partial charge in [0.2, 0.25) is 5.82 Å². The summed E-state index contributed by atoms with van der Waals surface area (Å²) in [6.45, 7) is 1.46. The number of aromatic amines is 1. The molecule has 0 aromatic carbocycles. The first-order chi connectivity index (χ1) is 20.3. The Labute approximate surface area is 241 Å². The van der Waals surface area contributed by atoms with Crippen LogP contribution in [0.4, 0.5) is 14.6 Å².